The number of unbranched alkanes of at least 4 members (excludes halogenated alkanes) is 4. The van der Waals surface area contributed by atoms with Crippen LogP contribution in [0.3, 0.4) is 0 Å². The zero-order chi connectivity index (χ0) is 16.4. The third-order valence-corrected chi connectivity index (χ3v) is 3.83. The highest BCUT2D eigenvalue weighted by molar-refractivity contribution is 6.09. The Labute approximate surface area is 132 Å². The molecule has 122 valence electrons. The quantitative estimate of drug-likeness (QED) is 0.478. The van der Waals surface area contributed by atoms with Gasteiger partial charge in [0.2, 0.25) is 0 Å². The summed E-state index contributed by atoms with van der Waals surface area (Å²) in [7, 11) is 0. The lowest BCUT2D eigenvalue weighted by Crippen LogP contribution is -2.27. The Morgan fingerprint density at radius 2 is 1.91 bits per heavy atom. The number of hydrogen-bond donors (Lipinski definition) is 2. The van der Waals surface area contributed by atoms with Gasteiger partial charge in [-0.2, -0.15) is 0 Å². The molecule has 1 atom stereocenters. The minimum Gasteiger partial charge on any atom is -0.481 e. The molecule has 0 radical (unpaired) electrons. The zero-order valence-electron chi connectivity index (χ0n) is 13.3. The van der Waals surface area contributed by atoms with Crippen LogP contribution in [0.4, 0.5) is 0 Å². The smallest absolute Gasteiger partial charge is 0.303 e. The molecule has 0 aromatic heterocycles. The highest BCUT2D eigenvalue weighted by Crippen LogP contribution is 2.31. The van der Waals surface area contributed by atoms with E-state index in [1.54, 1.807) is 12.2 Å². The van der Waals surface area contributed by atoms with Crippen LogP contribution in [0.15, 0.2) is 36.0 Å². The molecule has 0 saturated carbocycles. The average Bonchev–Trinajstić information content (AvgIpc) is 2.75. The molecule has 0 aliphatic heterocycles. The van der Waals surface area contributed by atoms with E-state index in [2.05, 4.69) is 0 Å². The number of allylic oxidation sites excluding steroid dienone is 4. The first-order valence-electron chi connectivity index (χ1n) is 8.04. The van der Waals surface area contributed by atoms with E-state index in [1.807, 2.05) is 19.1 Å². The summed E-state index contributed by atoms with van der Waals surface area (Å²) in [6.45, 7) is 2.01. The van der Waals surface area contributed by atoms with E-state index >= 15 is 0 Å². The predicted octanol–water partition coefficient (Wildman–Crippen LogP) is 3.56. The number of aliphatic hydroxyl groups is 1. The third kappa shape index (κ3) is 5.98. The molecule has 4 heteroatoms. The minimum atomic E-state index is -1.14. The fourth-order valence-electron chi connectivity index (χ4n) is 2.55. The average molecular weight is 306 g/mol. The largest absolute Gasteiger partial charge is 0.481 e. The molecule has 0 unspecified atom stereocenters. The molecule has 0 saturated heterocycles. The van der Waals surface area contributed by atoms with E-state index in [1.165, 1.54) is 6.08 Å². The van der Waals surface area contributed by atoms with Crippen LogP contribution in [-0.4, -0.2) is 27.6 Å². The van der Waals surface area contributed by atoms with E-state index in [0.29, 0.717) is 18.4 Å². The van der Waals surface area contributed by atoms with Crippen LogP contribution in [0.2, 0.25) is 0 Å². The summed E-state index contributed by atoms with van der Waals surface area (Å²) in [5, 5.41) is 19.2. The number of ketones is 1. The first-order valence-corrected chi connectivity index (χ1v) is 8.04. The van der Waals surface area contributed by atoms with Crippen LogP contribution in [0.1, 0.15) is 58.3 Å². The molecule has 22 heavy (non-hydrogen) atoms. The van der Waals surface area contributed by atoms with Gasteiger partial charge in [-0.15, -0.1) is 0 Å². The van der Waals surface area contributed by atoms with Gasteiger partial charge in [0.1, 0.15) is 5.60 Å². The summed E-state index contributed by atoms with van der Waals surface area (Å²) in [5.41, 5.74) is -0.695. The van der Waals surface area contributed by atoms with Crippen molar-refractivity contribution in [3.8, 4) is 0 Å². The Morgan fingerprint density at radius 3 is 2.59 bits per heavy atom. The number of rotatable bonds is 10. The molecule has 0 aromatic rings. The van der Waals surface area contributed by atoms with Crippen LogP contribution < -0.4 is 0 Å². The molecule has 4 nitrogen and oxygen atoms in total. The van der Waals surface area contributed by atoms with Crippen LogP contribution in [0.5, 0.6) is 0 Å². The van der Waals surface area contributed by atoms with Gasteiger partial charge in [-0.25, -0.2) is 0 Å². The first-order chi connectivity index (χ1) is 10.5. The predicted molar refractivity (Wildman–Crippen MR) is 86.6 cm³/mol. The lowest BCUT2D eigenvalue weighted by molar-refractivity contribution is -0.137. The van der Waals surface area contributed by atoms with E-state index in [4.69, 9.17) is 5.11 Å². The highest BCUT2D eigenvalue weighted by atomic mass is 16.4. The van der Waals surface area contributed by atoms with Crippen LogP contribution in [-0.2, 0) is 9.59 Å². The normalized spacial score (nSPS) is 23.0. The molecule has 1 aliphatic carbocycles. The Morgan fingerprint density at radius 1 is 1.23 bits per heavy atom. The maximum atomic E-state index is 11.8. The Balaban J connectivity index is 2.37. The third-order valence-electron chi connectivity index (χ3n) is 3.83. The fourth-order valence-corrected chi connectivity index (χ4v) is 2.55. The highest BCUT2D eigenvalue weighted by Gasteiger charge is 2.36. The maximum Gasteiger partial charge on any atom is 0.303 e. The summed E-state index contributed by atoms with van der Waals surface area (Å²) in [6, 6.07) is 0. The summed E-state index contributed by atoms with van der Waals surface area (Å²) >= 11 is 0. The van der Waals surface area contributed by atoms with Crippen molar-refractivity contribution in [1.82, 2.24) is 0 Å². The maximum absolute atomic E-state index is 11.8. The number of hydrogen-bond acceptors (Lipinski definition) is 3. The van der Waals surface area contributed by atoms with Crippen molar-refractivity contribution in [3.63, 3.8) is 0 Å². The Bertz CT molecular complexity index is 473. The molecule has 0 fully saturated rings. The topological polar surface area (TPSA) is 74.6 Å². The van der Waals surface area contributed by atoms with Gasteiger partial charge in [-0.3, -0.25) is 9.59 Å². The van der Waals surface area contributed by atoms with Crippen molar-refractivity contribution in [2.45, 2.75) is 63.9 Å². The number of carboxylic acid groups (broad SMARTS) is 1. The molecular formula is C18H26O4. The molecule has 0 spiro atoms. The van der Waals surface area contributed by atoms with Crippen LogP contribution in [0, 0.1) is 0 Å². The van der Waals surface area contributed by atoms with Gasteiger partial charge in [0.15, 0.2) is 5.78 Å². The van der Waals surface area contributed by atoms with Gasteiger partial charge in [-0.1, -0.05) is 44.4 Å². The SMILES string of the molecule is CC/C=C\C=C1/C(=O)C=C[C@@]1(O)CCCCCCCC(=O)O. The van der Waals surface area contributed by atoms with E-state index in [9.17, 15) is 14.7 Å². The summed E-state index contributed by atoms with van der Waals surface area (Å²) in [5.74, 6) is -0.872. The van der Waals surface area contributed by atoms with E-state index in [-0.39, 0.29) is 12.2 Å². The van der Waals surface area contributed by atoms with Gasteiger partial charge in [0.25, 0.3) is 0 Å². The standard InChI is InChI=1S/C18H26O4/c1-2-3-7-10-15-16(19)12-14-18(15,22)13-9-6-4-5-8-11-17(20)21/h3,7,10,12,14,22H,2,4-6,8-9,11,13H2,1H3,(H,20,21)/b7-3-,15-10+/t18-/m0/s1. The van der Waals surface area contributed by atoms with Crippen molar-refractivity contribution in [1.29, 1.82) is 0 Å². The molecule has 2 N–H and O–H groups in total. The molecule has 0 bridgehead atoms. The number of carboxylic acids is 1. The van der Waals surface area contributed by atoms with E-state index in [0.717, 1.165) is 32.1 Å². The first kappa shape index (κ1) is 18.4. The zero-order valence-corrected chi connectivity index (χ0v) is 13.3. The number of carbonyl (C=O) groups is 2. The van der Waals surface area contributed by atoms with Crippen LogP contribution >= 0.6 is 0 Å². The number of aliphatic carboxylic acids is 1. The van der Waals surface area contributed by atoms with Gasteiger partial charge >= 0.3 is 5.97 Å². The summed E-state index contributed by atoms with van der Waals surface area (Å²) < 4.78 is 0. The molecule has 1 rings (SSSR count). The molecule has 0 amide bonds. The van der Waals surface area contributed by atoms with Crippen LogP contribution in [0.25, 0.3) is 0 Å². The van der Waals surface area contributed by atoms with Crippen molar-refractivity contribution < 1.29 is 19.8 Å². The lowest BCUT2D eigenvalue weighted by Gasteiger charge is -2.22. The van der Waals surface area contributed by atoms with E-state index < -0.39 is 11.6 Å². The summed E-state index contributed by atoms with van der Waals surface area (Å²) in [4.78, 5) is 22.2. The monoisotopic (exact) mass is 306 g/mol. The van der Waals surface area contributed by atoms with Gasteiger partial charge in [0.05, 0.1) is 0 Å². The second-order valence-electron chi connectivity index (χ2n) is 5.70. The minimum absolute atomic E-state index is 0.121. The summed E-state index contributed by atoms with van der Waals surface area (Å²) in [6.07, 6.45) is 14.4. The van der Waals surface area contributed by atoms with Crippen molar-refractivity contribution in [2.24, 2.45) is 0 Å². The fraction of sp³-hybridized carbons (Fsp3) is 0.556. The Hall–Kier alpha value is -1.68. The molecule has 1 aliphatic rings. The molecule has 0 aromatic carbocycles. The second kappa shape index (κ2) is 9.36. The molecule has 0 heterocycles. The van der Waals surface area contributed by atoms with Crippen molar-refractivity contribution in [2.75, 3.05) is 0 Å². The lowest BCUT2D eigenvalue weighted by atomic mass is 9.90. The van der Waals surface area contributed by atoms with Gasteiger partial charge in [0, 0.05) is 12.0 Å². The van der Waals surface area contributed by atoms with Crippen molar-refractivity contribution >= 4 is 11.8 Å². The van der Waals surface area contributed by atoms with Gasteiger partial charge in [-0.05, 0) is 37.8 Å². The Kier molecular flexibility index (Phi) is 7.82. The van der Waals surface area contributed by atoms with Crippen molar-refractivity contribution in [3.05, 3.63) is 36.0 Å². The second-order valence-corrected chi connectivity index (χ2v) is 5.70. The molecular weight excluding hydrogens is 280 g/mol. The number of carbonyl (C=O) groups excluding carboxylic acids is 1. The van der Waals surface area contributed by atoms with Gasteiger partial charge < -0.3 is 10.2 Å².